The van der Waals surface area contributed by atoms with Gasteiger partial charge < -0.3 is 15.0 Å². The predicted molar refractivity (Wildman–Crippen MR) is 120 cm³/mol. The lowest BCUT2D eigenvalue weighted by Crippen LogP contribution is -2.36. The molecule has 1 fully saturated rings. The minimum atomic E-state index is -0.266. The van der Waals surface area contributed by atoms with Crippen LogP contribution in [0.5, 0.6) is 0 Å². The number of nitrogens with zero attached hydrogens (tertiary/aromatic N) is 4. The Morgan fingerprint density at radius 2 is 1.87 bits per heavy atom. The summed E-state index contributed by atoms with van der Waals surface area (Å²) in [6.45, 7) is 3.23. The summed E-state index contributed by atoms with van der Waals surface area (Å²) in [4.78, 5) is 28.2. The maximum absolute atomic E-state index is 12.9. The number of morpholine rings is 1. The van der Waals surface area contributed by atoms with Crippen LogP contribution in [0.4, 0.5) is 11.5 Å². The van der Waals surface area contributed by atoms with E-state index in [9.17, 15) is 4.79 Å². The molecule has 3 heterocycles. The molecule has 1 saturated heterocycles. The SMILES string of the molecule is O=C(Nc1cnccn1)c1cccc2ccc(-c3cccc(N4CCOCC4)c3)nc12. The third kappa shape index (κ3) is 4.08. The molecule has 2 aromatic heterocycles. The number of pyridine rings is 1. The molecule has 1 aliphatic rings. The van der Waals surface area contributed by atoms with Gasteiger partial charge in [0.05, 0.1) is 36.2 Å². The lowest BCUT2D eigenvalue weighted by atomic mass is 10.1. The first kappa shape index (κ1) is 19.1. The standard InChI is InChI=1S/C24H21N5O2/c30-24(28-22-16-25-9-10-26-22)20-6-2-3-17-7-8-21(27-23(17)20)18-4-1-5-19(15-18)29-11-13-31-14-12-29/h1-10,15-16H,11-14H2,(H,26,28,30). The Morgan fingerprint density at radius 3 is 2.71 bits per heavy atom. The van der Waals surface area contributed by atoms with Gasteiger partial charge in [-0.3, -0.25) is 9.78 Å². The highest BCUT2D eigenvalue weighted by molar-refractivity contribution is 6.11. The second-order valence-corrected chi connectivity index (χ2v) is 7.27. The number of carbonyl (C=O) groups is 1. The number of carbonyl (C=O) groups excluding carboxylic acids is 1. The second-order valence-electron chi connectivity index (χ2n) is 7.27. The van der Waals surface area contributed by atoms with E-state index in [1.807, 2.05) is 36.4 Å². The zero-order valence-corrected chi connectivity index (χ0v) is 16.9. The summed E-state index contributed by atoms with van der Waals surface area (Å²) in [5.41, 5.74) is 4.13. The maximum Gasteiger partial charge on any atom is 0.259 e. The molecule has 5 rings (SSSR count). The summed E-state index contributed by atoms with van der Waals surface area (Å²) in [5, 5.41) is 3.69. The fourth-order valence-electron chi connectivity index (χ4n) is 3.72. The largest absolute Gasteiger partial charge is 0.378 e. The van der Waals surface area contributed by atoms with E-state index in [-0.39, 0.29) is 5.91 Å². The van der Waals surface area contributed by atoms with Gasteiger partial charge in [-0.1, -0.05) is 30.3 Å². The fraction of sp³-hybridized carbons (Fsp3) is 0.167. The van der Waals surface area contributed by atoms with Gasteiger partial charge in [0.2, 0.25) is 0 Å². The molecule has 7 heteroatoms. The molecule has 31 heavy (non-hydrogen) atoms. The Balaban J connectivity index is 1.50. The average Bonchev–Trinajstić information content (AvgIpc) is 2.84. The van der Waals surface area contributed by atoms with E-state index in [0.717, 1.165) is 48.6 Å². The summed E-state index contributed by atoms with van der Waals surface area (Å²) in [6.07, 6.45) is 4.61. The summed E-state index contributed by atoms with van der Waals surface area (Å²) in [7, 11) is 0. The highest BCUT2D eigenvalue weighted by Gasteiger charge is 2.15. The molecule has 1 amide bonds. The van der Waals surface area contributed by atoms with Crippen LogP contribution in [0.3, 0.4) is 0 Å². The van der Waals surface area contributed by atoms with Gasteiger partial charge in [-0.15, -0.1) is 0 Å². The summed E-state index contributed by atoms with van der Waals surface area (Å²) < 4.78 is 5.46. The van der Waals surface area contributed by atoms with Crippen LogP contribution in [-0.4, -0.2) is 47.2 Å². The number of ether oxygens (including phenoxy) is 1. The number of anilines is 2. The van der Waals surface area contributed by atoms with Gasteiger partial charge in [-0.25, -0.2) is 9.97 Å². The van der Waals surface area contributed by atoms with Crippen molar-refractivity contribution >= 4 is 28.3 Å². The van der Waals surface area contributed by atoms with Crippen LogP contribution in [0, 0.1) is 0 Å². The molecule has 4 aromatic rings. The van der Waals surface area contributed by atoms with Gasteiger partial charge in [0.25, 0.3) is 5.91 Å². The number of rotatable bonds is 4. The van der Waals surface area contributed by atoms with E-state index in [1.54, 1.807) is 12.3 Å². The molecule has 0 radical (unpaired) electrons. The van der Waals surface area contributed by atoms with Crippen molar-refractivity contribution in [3.8, 4) is 11.3 Å². The topological polar surface area (TPSA) is 80.2 Å². The zero-order chi connectivity index (χ0) is 21.0. The monoisotopic (exact) mass is 411 g/mol. The van der Waals surface area contributed by atoms with Crippen molar-refractivity contribution in [2.45, 2.75) is 0 Å². The van der Waals surface area contributed by atoms with Crippen molar-refractivity contribution in [2.24, 2.45) is 0 Å². The van der Waals surface area contributed by atoms with E-state index >= 15 is 0 Å². The number of nitrogens with one attached hydrogen (secondary N) is 1. The molecule has 1 aliphatic heterocycles. The van der Waals surface area contributed by atoms with Crippen LogP contribution >= 0.6 is 0 Å². The Labute approximate surface area is 179 Å². The van der Waals surface area contributed by atoms with Crippen LogP contribution in [0.1, 0.15) is 10.4 Å². The van der Waals surface area contributed by atoms with Gasteiger partial charge in [0, 0.05) is 42.1 Å². The molecular weight excluding hydrogens is 390 g/mol. The smallest absolute Gasteiger partial charge is 0.259 e. The Morgan fingerprint density at radius 1 is 1.00 bits per heavy atom. The quantitative estimate of drug-likeness (QED) is 0.551. The third-order valence-electron chi connectivity index (χ3n) is 5.29. The molecule has 0 saturated carbocycles. The second kappa shape index (κ2) is 8.49. The number of hydrogen-bond donors (Lipinski definition) is 1. The van der Waals surface area contributed by atoms with Crippen molar-refractivity contribution in [3.63, 3.8) is 0 Å². The van der Waals surface area contributed by atoms with Crippen LogP contribution < -0.4 is 10.2 Å². The Hall–Kier alpha value is -3.84. The first-order chi connectivity index (χ1) is 15.3. The van der Waals surface area contributed by atoms with E-state index in [0.29, 0.717) is 16.9 Å². The van der Waals surface area contributed by atoms with Gasteiger partial charge in [-0.05, 0) is 24.3 Å². The first-order valence-corrected chi connectivity index (χ1v) is 10.2. The minimum absolute atomic E-state index is 0.266. The number of para-hydroxylation sites is 1. The number of fused-ring (bicyclic) bond motifs is 1. The maximum atomic E-state index is 12.9. The molecule has 154 valence electrons. The lowest BCUT2D eigenvalue weighted by Gasteiger charge is -2.29. The Bertz CT molecular complexity index is 1220. The van der Waals surface area contributed by atoms with E-state index in [1.165, 1.54) is 12.4 Å². The number of aromatic nitrogens is 3. The molecule has 0 spiro atoms. The molecule has 0 unspecified atom stereocenters. The van der Waals surface area contributed by atoms with Crippen LogP contribution in [0.15, 0.2) is 73.2 Å². The van der Waals surface area contributed by atoms with Crippen LogP contribution in [0.2, 0.25) is 0 Å². The number of benzene rings is 2. The first-order valence-electron chi connectivity index (χ1n) is 10.2. The van der Waals surface area contributed by atoms with Crippen molar-refractivity contribution in [2.75, 3.05) is 36.5 Å². The lowest BCUT2D eigenvalue weighted by molar-refractivity contribution is 0.102. The molecular formula is C24H21N5O2. The molecule has 2 aromatic carbocycles. The Kier molecular flexibility index (Phi) is 5.24. The van der Waals surface area contributed by atoms with Crippen molar-refractivity contribution in [3.05, 3.63) is 78.8 Å². The number of amides is 1. The van der Waals surface area contributed by atoms with Gasteiger partial charge in [0.15, 0.2) is 5.82 Å². The molecule has 0 aliphatic carbocycles. The molecule has 0 atom stereocenters. The van der Waals surface area contributed by atoms with E-state index < -0.39 is 0 Å². The van der Waals surface area contributed by atoms with Gasteiger partial charge in [0.1, 0.15) is 0 Å². The highest BCUT2D eigenvalue weighted by Crippen LogP contribution is 2.27. The zero-order valence-electron chi connectivity index (χ0n) is 16.9. The van der Waals surface area contributed by atoms with Crippen molar-refractivity contribution < 1.29 is 9.53 Å². The van der Waals surface area contributed by atoms with Crippen molar-refractivity contribution in [1.29, 1.82) is 0 Å². The molecule has 7 nitrogen and oxygen atoms in total. The normalized spacial score (nSPS) is 13.9. The highest BCUT2D eigenvalue weighted by atomic mass is 16.5. The van der Waals surface area contributed by atoms with E-state index in [2.05, 4.69) is 32.3 Å². The third-order valence-corrected chi connectivity index (χ3v) is 5.29. The van der Waals surface area contributed by atoms with Crippen LogP contribution in [-0.2, 0) is 4.74 Å². The van der Waals surface area contributed by atoms with Gasteiger partial charge >= 0.3 is 0 Å². The molecule has 1 N–H and O–H groups in total. The summed E-state index contributed by atoms with van der Waals surface area (Å²) >= 11 is 0. The van der Waals surface area contributed by atoms with Gasteiger partial charge in [-0.2, -0.15) is 0 Å². The fourth-order valence-corrected chi connectivity index (χ4v) is 3.72. The van der Waals surface area contributed by atoms with E-state index in [4.69, 9.17) is 9.72 Å². The average molecular weight is 411 g/mol. The molecule has 0 bridgehead atoms. The summed E-state index contributed by atoms with van der Waals surface area (Å²) in [5.74, 6) is 0.136. The summed E-state index contributed by atoms with van der Waals surface area (Å²) in [6, 6.07) is 17.9. The predicted octanol–water partition coefficient (Wildman–Crippen LogP) is 3.78. The minimum Gasteiger partial charge on any atom is -0.378 e. The van der Waals surface area contributed by atoms with Crippen LogP contribution in [0.25, 0.3) is 22.2 Å². The number of hydrogen-bond acceptors (Lipinski definition) is 6. The van der Waals surface area contributed by atoms with Crippen molar-refractivity contribution in [1.82, 2.24) is 15.0 Å².